The van der Waals surface area contributed by atoms with Gasteiger partial charge in [-0.2, -0.15) is 0 Å². The zero-order valence-electron chi connectivity index (χ0n) is 9.14. The maximum Gasteiger partial charge on any atom is 0.241 e. The van der Waals surface area contributed by atoms with Gasteiger partial charge in [-0.3, -0.25) is 0 Å². The maximum atomic E-state index is 9.36. The van der Waals surface area contributed by atoms with Crippen LogP contribution in [0.3, 0.4) is 0 Å². The van der Waals surface area contributed by atoms with Gasteiger partial charge in [0.2, 0.25) is 5.69 Å². The second kappa shape index (κ2) is 7.24. The predicted octanol–water partition coefficient (Wildman–Crippen LogP) is 3.75. The summed E-state index contributed by atoms with van der Waals surface area (Å²) < 4.78 is 5.39. The van der Waals surface area contributed by atoms with Crippen molar-refractivity contribution in [1.82, 2.24) is 0 Å². The fraction of sp³-hybridized carbons (Fsp3) is 1.00. The van der Waals surface area contributed by atoms with E-state index in [1.807, 2.05) is 0 Å². The van der Waals surface area contributed by atoms with E-state index in [9.17, 15) is 4.89 Å². The fourth-order valence-electron chi connectivity index (χ4n) is 1.28. The average Bonchev–Trinajstić information content (AvgIpc) is 2.00. The molecule has 0 heterocycles. The molecule has 0 bridgehead atoms. The summed E-state index contributed by atoms with van der Waals surface area (Å²) in [5.41, 5.74) is -2.80. The molecule has 2 unspecified atom stereocenters. The van der Waals surface area contributed by atoms with Gasteiger partial charge in [0, 0.05) is 0 Å². The zero-order valence-corrected chi connectivity index (χ0v) is 11.7. The van der Waals surface area contributed by atoms with Crippen molar-refractivity contribution in [2.24, 2.45) is 5.92 Å². The Kier molecular flexibility index (Phi) is 7.71. The van der Waals surface area contributed by atoms with Crippen molar-refractivity contribution >= 4 is 29.7 Å². The van der Waals surface area contributed by atoms with E-state index in [1.54, 1.807) is 0 Å². The van der Waals surface area contributed by atoms with Crippen LogP contribution in [-0.2, 0) is 16.3 Å². The highest BCUT2D eigenvalue weighted by atomic mass is 32.9. The van der Waals surface area contributed by atoms with Gasteiger partial charge in [-0.15, -0.1) is 0 Å². The average molecular weight is 256 g/mol. The molecule has 0 spiro atoms. The molecule has 86 valence electrons. The lowest BCUT2D eigenvalue weighted by Gasteiger charge is -2.23. The summed E-state index contributed by atoms with van der Waals surface area (Å²) in [6.07, 6.45) is 4.54. The summed E-state index contributed by atoms with van der Waals surface area (Å²) >= 11 is 8.66. The third-order valence-corrected chi connectivity index (χ3v) is 3.19. The Bertz CT molecular complexity index is 191. The molecule has 5 heteroatoms. The molecule has 0 saturated carbocycles. The number of hydrogen-bond donors (Lipinski definition) is 2. The van der Waals surface area contributed by atoms with E-state index >= 15 is 0 Å². The molecule has 0 aliphatic rings. The molecule has 0 radical (unpaired) electrons. The molecule has 0 aliphatic carbocycles. The Morgan fingerprint density at radius 3 is 2.36 bits per heavy atom. The molecule has 0 aromatic carbocycles. The summed E-state index contributed by atoms with van der Waals surface area (Å²) in [6.45, 7) is 6.32. The monoisotopic (exact) mass is 256 g/mol. The summed E-state index contributed by atoms with van der Waals surface area (Å²) in [6, 6.07) is 0. The van der Waals surface area contributed by atoms with Gasteiger partial charge in [0.1, 0.15) is 0 Å². The topological polar surface area (TPSA) is 29.5 Å². The molecule has 0 aromatic rings. The first-order valence-electron chi connectivity index (χ1n) is 5.10. The van der Waals surface area contributed by atoms with Gasteiger partial charge in [0.15, 0.2) is 0 Å². The first-order chi connectivity index (χ1) is 6.37. The van der Waals surface area contributed by atoms with E-state index in [-0.39, 0.29) is 6.10 Å². The van der Waals surface area contributed by atoms with Gasteiger partial charge >= 0.3 is 0 Å². The number of rotatable bonds is 7. The summed E-state index contributed by atoms with van der Waals surface area (Å²) in [5, 5.41) is 0. The highest BCUT2D eigenvalue weighted by Crippen LogP contribution is 2.49. The molecule has 0 aromatic heterocycles. The molecule has 0 amide bonds. The van der Waals surface area contributed by atoms with Crippen molar-refractivity contribution in [2.45, 2.75) is 52.6 Å². The maximum absolute atomic E-state index is 9.36. The first-order valence-corrected chi connectivity index (χ1v) is 8.93. The van der Waals surface area contributed by atoms with Crippen LogP contribution in [0.1, 0.15) is 46.5 Å². The molecule has 0 saturated heterocycles. The van der Waals surface area contributed by atoms with Crippen molar-refractivity contribution in [3.63, 3.8) is 0 Å². The van der Waals surface area contributed by atoms with E-state index in [1.165, 1.54) is 12.8 Å². The zero-order chi connectivity index (χ0) is 11.2. The minimum atomic E-state index is -2.80. The number of hydrogen-bond acceptors (Lipinski definition) is 2. The standard InChI is InChI=1S/C9H21O2PS2/c1-4-5-6-7-9(8(2)3)11-12(10,13)14/h8-9H,4-7H2,1-3H3,(H2,10,13,14). The van der Waals surface area contributed by atoms with Gasteiger partial charge in [-0.05, 0) is 24.1 Å². The minimum absolute atomic E-state index is 0.0508. The van der Waals surface area contributed by atoms with Gasteiger partial charge in [0.05, 0.1) is 6.10 Å². The largest absolute Gasteiger partial charge is 0.338 e. The summed E-state index contributed by atoms with van der Waals surface area (Å²) in [4.78, 5) is 9.36. The van der Waals surface area contributed by atoms with Gasteiger partial charge < -0.3 is 9.42 Å². The molecule has 1 N–H and O–H groups in total. The lowest BCUT2D eigenvalue weighted by molar-refractivity contribution is 0.145. The first kappa shape index (κ1) is 14.9. The molecular weight excluding hydrogens is 235 g/mol. The lowest BCUT2D eigenvalue weighted by Crippen LogP contribution is -2.17. The van der Waals surface area contributed by atoms with Crippen LogP contribution >= 0.6 is 17.9 Å². The smallest absolute Gasteiger partial charge is 0.241 e. The van der Waals surface area contributed by atoms with E-state index in [2.05, 4.69) is 33.0 Å². The number of unbranched alkanes of at least 4 members (excludes halogenated alkanes) is 2. The molecular formula is C9H21O2PS2. The van der Waals surface area contributed by atoms with Crippen molar-refractivity contribution < 1.29 is 9.42 Å². The van der Waals surface area contributed by atoms with Gasteiger partial charge in [-0.25, -0.2) is 0 Å². The van der Waals surface area contributed by atoms with Crippen LogP contribution in [0.5, 0.6) is 0 Å². The van der Waals surface area contributed by atoms with Crippen molar-refractivity contribution in [2.75, 3.05) is 0 Å². The molecule has 2 atom stereocenters. The SMILES string of the molecule is CCCCCC(OP(O)(=S)S)C(C)C. The van der Waals surface area contributed by atoms with Crippen LogP contribution in [0, 0.1) is 5.92 Å². The van der Waals surface area contributed by atoms with Crippen LogP contribution in [-0.4, -0.2) is 11.0 Å². The Hall–Kier alpha value is 0.920. The van der Waals surface area contributed by atoms with E-state index in [0.29, 0.717) is 5.92 Å². The molecule has 2 nitrogen and oxygen atoms in total. The van der Waals surface area contributed by atoms with Crippen LogP contribution in [0.2, 0.25) is 0 Å². The van der Waals surface area contributed by atoms with Crippen molar-refractivity contribution in [3.05, 3.63) is 0 Å². The van der Waals surface area contributed by atoms with Gasteiger partial charge in [0.25, 0.3) is 0 Å². The Morgan fingerprint density at radius 1 is 1.43 bits per heavy atom. The lowest BCUT2D eigenvalue weighted by atomic mass is 10.0. The van der Waals surface area contributed by atoms with Crippen molar-refractivity contribution in [3.8, 4) is 0 Å². The van der Waals surface area contributed by atoms with Crippen LogP contribution in [0.15, 0.2) is 0 Å². The second-order valence-corrected chi connectivity index (χ2v) is 8.99. The predicted molar refractivity (Wildman–Crippen MR) is 69.3 cm³/mol. The number of thiol groups is 1. The fourth-order valence-corrected chi connectivity index (χ4v) is 2.68. The van der Waals surface area contributed by atoms with Crippen LogP contribution in [0.4, 0.5) is 0 Å². The summed E-state index contributed by atoms with van der Waals surface area (Å²) in [7, 11) is 0. The molecule has 14 heavy (non-hydrogen) atoms. The molecule has 0 rings (SSSR count). The van der Waals surface area contributed by atoms with Crippen LogP contribution in [0.25, 0.3) is 0 Å². The minimum Gasteiger partial charge on any atom is -0.338 e. The third kappa shape index (κ3) is 8.25. The Morgan fingerprint density at radius 2 is 2.00 bits per heavy atom. The quantitative estimate of drug-likeness (QED) is 0.413. The van der Waals surface area contributed by atoms with E-state index in [4.69, 9.17) is 16.3 Å². The normalized spacial score (nSPS) is 18.1. The van der Waals surface area contributed by atoms with Gasteiger partial charge in [-0.1, -0.05) is 52.3 Å². The Labute approximate surface area is 97.8 Å². The molecule has 0 fully saturated rings. The van der Waals surface area contributed by atoms with Crippen molar-refractivity contribution in [1.29, 1.82) is 0 Å². The van der Waals surface area contributed by atoms with Crippen LogP contribution < -0.4 is 0 Å². The molecule has 0 aliphatic heterocycles. The summed E-state index contributed by atoms with van der Waals surface area (Å²) in [5.74, 6) is 0.383. The second-order valence-electron chi connectivity index (χ2n) is 3.87. The van der Waals surface area contributed by atoms with E-state index in [0.717, 1.165) is 12.8 Å². The third-order valence-electron chi connectivity index (χ3n) is 2.11. The van der Waals surface area contributed by atoms with E-state index < -0.39 is 5.69 Å². The Balaban J connectivity index is 3.97. The highest BCUT2D eigenvalue weighted by molar-refractivity contribution is 8.59. The highest BCUT2D eigenvalue weighted by Gasteiger charge is 2.19.